The molecule has 0 atom stereocenters. The van der Waals surface area contributed by atoms with Gasteiger partial charge in [0, 0.05) is 24.6 Å². The largest absolute Gasteiger partial charge is 0.381 e. The Morgan fingerprint density at radius 3 is 2.40 bits per heavy atom. The number of nitrogens with zero attached hydrogens (tertiary/aromatic N) is 2. The SMILES string of the molecule is Cc1ccc(CNc2ccc(-n3cccn3)cc2)cc1. The van der Waals surface area contributed by atoms with Crippen LogP contribution in [0.25, 0.3) is 5.69 Å². The zero-order valence-electron chi connectivity index (χ0n) is 11.5. The Kier molecular flexibility index (Phi) is 3.50. The van der Waals surface area contributed by atoms with E-state index in [-0.39, 0.29) is 0 Å². The lowest BCUT2D eigenvalue weighted by atomic mass is 10.1. The van der Waals surface area contributed by atoms with Crippen molar-refractivity contribution in [2.24, 2.45) is 0 Å². The molecule has 2 aromatic carbocycles. The predicted octanol–water partition coefficient (Wildman–Crippen LogP) is 3.79. The average molecular weight is 263 g/mol. The van der Waals surface area contributed by atoms with Gasteiger partial charge in [0.2, 0.25) is 0 Å². The minimum absolute atomic E-state index is 0.835. The summed E-state index contributed by atoms with van der Waals surface area (Å²) in [5.74, 6) is 0. The molecule has 0 aliphatic heterocycles. The second-order valence-corrected chi connectivity index (χ2v) is 4.84. The van der Waals surface area contributed by atoms with Crippen LogP contribution in [0.2, 0.25) is 0 Å². The molecule has 0 saturated heterocycles. The molecule has 0 spiro atoms. The molecule has 1 aromatic heterocycles. The second kappa shape index (κ2) is 5.61. The third-order valence-electron chi connectivity index (χ3n) is 3.25. The van der Waals surface area contributed by atoms with Crippen LogP contribution in [-0.2, 0) is 6.54 Å². The Balaban J connectivity index is 1.65. The van der Waals surface area contributed by atoms with E-state index in [1.165, 1.54) is 11.1 Å². The highest BCUT2D eigenvalue weighted by Crippen LogP contribution is 2.14. The van der Waals surface area contributed by atoms with E-state index in [0.717, 1.165) is 17.9 Å². The van der Waals surface area contributed by atoms with Crippen LogP contribution < -0.4 is 5.32 Å². The molecule has 0 aliphatic carbocycles. The van der Waals surface area contributed by atoms with Gasteiger partial charge >= 0.3 is 0 Å². The predicted molar refractivity (Wildman–Crippen MR) is 82.1 cm³/mol. The highest BCUT2D eigenvalue weighted by molar-refractivity contribution is 5.48. The van der Waals surface area contributed by atoms with Gasteiger partial charge in [0.15, 0.2) is 0 Å². The number of hydrogen-bond acceptors (Lipinski definition) is 2. The van der Waals surface area contributed by atoms with Crippen molar-refractivity contribution in [3.8, 4) is 5.69 Å². The van der Waals surface area contributed by atoms with Crippen LogP contribution in [0, 0.1) is 6.92 Å². The van der Waals surface area contributed by atoms with Crippen LogP contribution in [0.1, 0.15) is 11.1 Å². The maximum atomic E-state index is 4.21. The molecule has 3 nitrogen and oxygen atoms in total. The molecule has 0 bridgehead atoms. The fourth-order valence-corrected chi connectivity index (χ4v) is 2.06. The van der Waals surface area contributed by atoms with Gasteiger partial charge in [-0.15, -0.1) is 0 Å². The molecule has 0 radical (unpaired) electrons. The first kappa shape index (κ1) is 12.5. The molecule has 3 aromatic rings. The number of hydrogen-bond donors (Lipinski definition) is 1. The summed E-state index contributed by atoms with van der Waals surface area (Å²) in [6.07, 6.45) is 3.72. The smallest absolute Gasteiger partial charge is 0.0647 e. The fraction of sp³-hybridized carbons (Fsp3) is 0.118. The van der Waals surface area contributed by atoms with Gasteiger partial charge in [-0.2, -0.15) is 5.10 Å². The lowest BCUT2D eigenvalue weighted by Crippen LogP contribution is -2.00. The van der Waals surface area contributed by atoms with E-state index < -0.39 is 0 Å². The molecular weight excluding hydrogens is 246 g/mol. The molecule has 0 saturated carbocycles. The summed E-state index contributed by atoms with van der Waals surface area (Å²) in [6.45, 7) is 2.94. The first-order valence-electron chi connectivity index (χ1n) is 6.71. The third kappa shape index (κ3) is 2.88. The van der Waals surface area contributed by atoms with Crippen LogP contribution in [-0.4, -0.2) is 9.78 Å². The Labute approximate surface area is 118 Å². The number of anilines is 1. The van der Waals surface area contributed by atoms with Gasteiger partial charge in [-0.1, -0.05) is 29.8 Å². The maximum absolute atomic E-state index is 4.21. The van der Waals surface area contributed by atoms with Crippen molar-refractivity contribution in [1.82, 2.24) is 9.78 Å². The molecule has 0 amide bonds. The van der Waals surface area contributed by atoms with Crippen molar-refractivity contribution in [3.63, 3.8) is 0 Å². The Bertz CT molecular complexity index is 652. The summed E-state index contributed by atoms with van der Waals surface area (Å²) >= 11 is 0. The number of aromatic nitrogens is 2. The molecule has 3 rings (SSSR count). The van der Waals surface area contributed by atoms with E-state index >= 15 is 0 Å². The van der Waals surface area contributed by atoms with Gasteiger partial charge in [-0.3, -0.25) is 0 Å². The molecule has 100 valence electrons. The summed E-state index contributed by atoms with van der Waals surface area (Å²) in [5.41, 5.74) is 4.75. The van der Waals surface area contributed by atoms with Gasteiger partial charge in [-0.05, 0) is 42.8 Å². The monoisotopic (exact) mass is 263 g/mol. The second-order valence-electron chi connectivity index (χ2n) is 4.84. The molecule has 1 heterocycles. The minimum atomic E-state index is 0.835. The number of aryl methyl sites for hydroxylation is 1. The number of nitrogens with one attached hydrogen (secondary N) is 1. The quantitative estimate of drug-likeness (QED) is 0.776. The number of benzene rings is 2. The Hall–Kier alpha value is -2.55. The summed E-state index contributed by atoms with van der Waals surface area (Å²) < 4.78 is 1.85. The molecule has 1 N–H and O–H groups in total. The number of rotatable bonds is 4. The van der Waals surface area contributed by atoms with Crippen molar-refractivity contribution in [2.75, 3.05) is 5.32 Å². The van der Waals surface area contributed by atoms with Crippen molar-refractivity contribution in [2.45, 2.75) is 13.5 Å². The zero-order valence-corrected chi connectivity index (χ0v) is 11.5. The Morgan fingerprint density at radius 2 is 1.75 bits per heavy atom. The first-order chi connectivity index (χ1) is 9.81. The zero-order chi connectivity index (χ0) is 13.8. The minimum Gasteiger partial charge on any atom is -0.381 e. The van der Waals surface area contributed by atoms with E-state index in [9.17, 15) is 0 Å². The normalized spacial score (nSPS) is 10.4. The summed E-state index contributed by atoms with van der Waals surface area (Å²) in [5, 5.41) is 7.64. The highest BCUT2D eigenvalue weighted by Gasteiger charge is 1.97. The van der Waals surface area contributed by atoms with Crippen LogP contribution >= 0.6 is 0 Å². The van der Waals surface area contributed by atoms with Crippen molar-refractivity contribution < 1.29 is 0 Å². The summed E-state index contributed by atoms with van der Waals surface area (Å²) in [6, 6.07) is 18.8. The molecule has 0 fully saturated rings. The molecule has 0 aliphatic rings. The van der Waals surface area contributed by atoms with Crippen LogP contribution in [0.4, 0.5) is 5.69 Å². The van der Waals surface area contributed by atoms with Crippen molar-refractivity contribution in [3.05, 3.63) is 78.1 Å². The maximum Gasteiger partial charge on any atom is 0.0647 e. The molecule has 3 heteroatoms. The van der Waals surface area contributed by atoms with E-state index in [1.807, 2.05) is 16.9 Å². The molecule has 0 unspecified atom stereocenters. The Morgan fingerprint density at radius 1 is 1.00 bits per heavy atom. The fourth-order valence-electron chi connectivity index (χ4n) is 2.06. The lowest BCUT2D eigenvalue weighted by molar-refractivity contribution is 0.880. The van der Waals surface area contributed by atoms with E-state index in [4.69, 9.17) is 0 Å². The van der Waals surface area contributed by atoms with Crippen LogP contribution in [0.3, 0.4) is 0 Å². The summed E-state index contributed by atoms with van der Waals surface area (Å²) in [4.78, 5) is 0. The van der Waals surface area contributed by atoms with E-state index in [0.29, 0.717) is 0 Å². The van der Waals surface area contributed by atoms with Gasteiger partial charge in [0.25, 0.3) is 0 Å². The summed E-state index contributed by atoms with van der Waals surface area (Å²) in [7, 11) is 0. The molecular formula is C17H17N3. The van der Waals surface area contributed by atoms with E-state index in [1.54, 1.807) is 6.20 Å². The van der Waals surface area contributed by atoms with Crippen LogP contribution in [0.15, 0.2) is 67.0 Å². The first-order valence-corrected chi connectivity index (χ1v) is 6.71. The van der Waals surface area contributed by atoms with Crippen molar-refractivity contribution in [1.29, 1.82) is 0 Å². The van der Waals surface area contributed by atoms with Crippen LogP contribution in [0.5, 0.6) is 0 Å². The van der Waals surface area contributed by atoms with E-state index in [2.05, 4.69) is 65.9 Å². The van der Waals surface area contributed by atoms with Gasteiger partial charge in [0.1, 0.15) is 0 Å². The third-order valence-corrected chi connectivity index (χ3v) is 3.25. The van der Waals surface area contributed by atoms with Gasteiger partial charge in [-0.25, -0.2) is 4.68 Å². The highest BCUT2D eigenvalue weighted by atomic mass is 15.3. The standard InChI is InChI=1S/C17H17N3/c1-14-3-5-15(6-4-14)13-18-16-7-9-17(10-8-16)20-12-2-11-19-20/h2-12,18H,13H2,1H3. The average Bonchev–Trinajstić information content (AvgIpc) is 3.01. The topological polar surface area (TPSA) is 29.9 Å². The molecule has 20 heavy (non-hydrogen) atoms. The van der Waals surface area contributed by atoms with Gasteiger partial charge < -0.3 is 5.32 Å². The lowest BCUT2D eigenvalue weighted by Gasteiger charge is -2.08. The van der Waals surface area contributed by atoms with Crippen molar-refractivity contribution >= 4 is 5.69 Å². The van der Waals surface area contributed by atoms with Gasteiger partial charge in [0.05, 0.1) is 5.69 Å².